The summed E-state index contributed by atoms with van der Waals surface area (Å²) in [5, 5.41) is 2.63. The quantitative estimate of drug-likeness (QED) is 0.877. The Kier molecular flexibility index (Phi) is 4.29. The Labute approximate surface area is 121 Å². The number of carbonyl (C=O) groups is 1. The Morgan fingerprint density at radius 1 is 1.30 bits per heavy atom. The standard InChI is InChI=1S/C14H16ClN3O2/c1-10-13(16-12(19)8-9-15)14(20)18(17(10)2)11-6-4-3-5-7-11/h3-7H,8-9H2,1-2H3,(H,16,19). The van der Waals surface area contributed by atoms with Crippen molar-refractivity contribution in [1.82, 2.24) is 9.36 Å². The van der Waals surface area contributed by atoms with Gasteiger partial charge in [0.2, 0.25) is 5.91 Å². The molecule has 5 nitrogen and oxygen atoms in total. The minimum absolute atomic E-state index is 0.181. The average Bonchev–Trinajstić information content (AvgIpc) is 2.64. The van der Waals surface area contributed by atoms with E-state index in [4.69, 9.17) is 11.6 Å². The van der Waals surface area contributed by atoms with Crippen molar-refractivity contribution in [2.75, 3.05) is 11.2 Å². The van der Waals surface area contributed by atoms with Crippen LogP contribution in [0.5, 0.6) is 0 Å². The van der Waals surface area contributed by atoms with Gasteiger partial charge in [-0.3, -0.25) is 14.3 Å². The molecule has 1 aromatic heterocycles. The number of alkyl halides is 1. The molecule has 2 aromatic rings. The van der Waals surface area contributed by atoms with E-state index in [-0.39, 0.29) is 23.8 Å². The van der Waals surface area contributed by atoms with Crippen LogP contribution in [0.1, 0.15) is 12.1 Å². The predicted octanol–water partition coefficient (Wildman–Crippen LogP) is 2.05. The van der Waals surface area contributed by atoms with Crippen molar-refractivity contribution >= 4 is 23.2 Å². The van der Waals surface area contributed by atoms with Gasteiger partial charge in [-0.05, 0) is 19.1 Å². The van der Waals surface area contributed by atoms with Crippen molar-refractivity contribution in [2.45, 2.75) is 13.3 Å². The lowest BCUT2D eigenvalue weighted by molar-refractivity contribution is -0.115. The zero-order valence-electron chi connectivity index (χ0n) is 11.4. The van der Waals surface area contributed by atoms with Crippen molar-refractivity contribution in [3.05, 3.63) is 46.4 Å². The van der Waals surface area contributed by atoms with E-state index in [1.165, 1.54) is 4.68 Å². The van der Waals surface area contributed by atoms with Crippen LogP contribution in [0.2, 0.25) is 0 Å². The lowest BCUT2D eigenvalue weighted by atomic mass is 10.3. The maximum atomic E-state index is 12.4. The number of benzene rings is 1. The summed E-state index contributed by atoms with van der Waals surface area (Å²) in [4.78, 5) is 24.1. The molecule has 1 amide bonds. The molecule has 1 N–H and O–H groups in total. The van der Waals surface area contributed by atoms with Crippen LogP contribution in [0.4, 0.5) is 5.69 Å². The van der Waals surface area contributed by atoms with Crippen molar-refractivity contribution in [3.8, 4) is 5.69 Å². The molecule has 0 fully saturated rings. The summed E-state index contributed by atoms with van der Waals surface area (Å²) in [6.45, 7) is 1.79. The number of nitrogens with zero attached hydrogens (tertiary/aromatic N) is 2. The number of halogens is 1. The van der Waals surface area contributed by atoms with Crippen LogP contribution in [0.3, 0.4) is 0 Å². The molecule has 0 atom stereocenters. The largest absolute Gasteiger partial charge is 0.320 e. The van der Waals surface area contributed by atoms with E-state index in [1.807, 2.05) is 30.3 Å². The van der Waals surface area contributed by atoms with Gasteiger partial charge in [-0.2, -0.15) is 0 Å². The third-order valence-electron chi connectivity index (χ3n) is 3.14. The van der Waals surface area contributed by atoms with Crippen molar-refractivity contribution in [1.29, 1.82) is 0 Å². The maximum Gasteiger partial charge on any atom is 0.295 e. The first-order valence-electron chi connectivity index (χ1n) is 6.26. The second-order valence-corrected chi connectivity index (χ2v) is 4.80. The second kappa shape index (κ2) is 5.96. The highest BCUT2D eigenvalue weighted by Gasteiger charge is 2.17. The fraction of sp³-hybridized carbons (Fsp3) is 0.286. The zero-order valence-corrected chi connectivity index (χ0v) is 12.1. The van der Waals surface area contributed by atoms with Crippen LogP contribution in [-0.4, -0.2) is 21.2 Å². The molecule has 0 bridgehead atoms. The molecule has 0 spiro atoms. The lowest BCUT2D eigenvalue weighted by Gasteiger charge is -2.07. The van der Waals surface area contributed by atoms with E-state index in [2.05, 4.69) is 5.32 Å². The van der Waals surface area contributed by atoms with E-state index in [1.54, 1.807) is 18.7 Å². The molecular formula is C14H16ClN3O2. The minimum Gasteiger partial charge on any atom is -0.320 e. The highest BCUT2D eigenvalue weighted by molar-refractivity contribution is 6.19. The summed E-state index contributed by atoms with van der Waals surface area (Å²) in [6.07, 6.45) is 0.181. The van der Waals surface area contributed by atoms with Gasteiger partial charge in [-0.15, -0.1) is 11.6 Å². The van der Waals surface area contributed by atoms with Gasteiger partial charge in [0.25, 0.3) is 5.56 Å². The van der Waals surface area contributed by atoms with Gasteiger partial charge < -0.3 is 5.32 Å². The van der Waals surface area contributed by atoms with E-state index < -0.39 is 0 Å². The zero-order chi connectivity index (χ0) is 14.7. The van der Waals surface area contributed by atoms with Crippen molar-refractivity contribution < 1.29 is 4.79 Å². The Hall–Kier alpha value is -2.01. The van der Waals surface area contributed by atoms with E-state index in [9.17, 15) is 9.59 Å². The fourth-order valence-electron chi connectivity index (χ4n) is 2.00. The lowest BCUT2D eigenvalue weighted by Crippen LogP contribution is -2.22. The summed E-state index contributed by atoms with van der Waals surface area (Å²) in [7, 11) is 1.78. The van der Waals surface area contributed by atoms with E-state index in [0.29, 0.717) is 11.4 Å². The monoisotopic (exact) mass is 293 g/mol. The molecule has 0 saturated carbocycles. The van der Waals surface area contributed by atoms with Crippen molar-refractivity contribution in [3.63, 3.8) is 0 Å². The smallest absolute Gasteiger partial charge is 0.295 e. The molecule has 0 radical (unpaired) electrons. The molecule has 0 unspecified atom stereocenters. The average molecular weight is 294 g/mol. The summed E-state index contributed by atoms with van der Waals surface area (Å²) in [6, 6.07) is 9.27. The Morgan fingerprint density at radius 2 is 1.95 bits per heavy atom. The third kappa shape index (κ3) is 2.63. The van der Waals surface area contributed by atoms with Gasteiger partial charge in [0.1, 0.15) is 5.69 Å². The Balaban J connectivity index is 2.47. The third-order valence-corrected chi connectivity index (χ3v) is 3.33. The highest BCUT2D eigenvalue weighted by Crippen LogP contribution is 2.14. The molecule has 0 saturated heterocycles. The van der Waals surface area contributed by atoms with Crippen molar-refractivity contribution in [2.24, 2.45) is 7.05 Å². The summed E-state index contributed by atoms with van der Waals surface area (Å²) < 4.78 is 3.24. The number of hydrogen-bond acceptors (Lipinski definition) is 2. The fourth-order valence-corrected chi connectivity index (χ4v) is 2.17. The molecule has 2 rings (SSSR count). The molecule has 6 heteroatoms. The Bertz CT molecular complexity index is 674. The van der Waals surface area contributed by atoms with Gasteiger partial charge in [0.15, 0.2) is 0 Å². The molecule has 20 heavy (non-hydrogen) atoms. The molecule has 0 aliphatic carbocycles. The van der Waals surface area contributed by atoms with Crippen LogP contribution in [0.15, 0.2) is 35.1 Å². The first-order chi connectivity index (χ1) is 9.56. The normalized spacial score (nSPS) is 10.6. The SMILES string of the molecule is Cc1c(NC(=O)CCCl)c(=O)n(-c2ccccc2)n1C. The highest BCUT2D eigenvalue weighted by atomic mass is 35.5. The number of rotatable bonds is 4. The number of para-hydroxylation sites is 1. The molecule has 1 aromatic carbocycles. The van der Waals surface area contributed by atoms with Crippen LogP contribution >= 0.6 is 11.6 Å². The van der Waals surface area contributed by atoms with Crippen LogP contribution in [0, 0.1) is 6.92 Å². The van der Waals surface area contributed by atoms with E-state index in [0.717, 1.165) is 5.69 Å². The van der Waals surface area contributed by atoms with Gasteiger partial charge in [0.05, 0.1) is 11.4 Å². The Morgan fingerprint density at radius 3 is 2.55 bits per heavy atom. The molecule has 1 heterocycles. The number of aromatic nitrogens is 2. The predicted molar refractivity (Wildman–Crippen MR) is 79.7 cm³/mol. The number of nitrogens with one attached hydrogen (secondary N) is 1. The number of hydrogen-bond donors (Lipinski definition) is 1. The molecule has 0 aliphatic heterocycles. The summed E-state index contributed by atoms with van der Waals surface area (Å²) >= 11 is 5.53. The number of anilines is 1. The van der Waals surface area contributed by atoms with Crippen LogP contribution in [-0.2, 0) is 11.8 Å². The summed E-state index contributed by atoms with van der Waals surface area (Å²) in [5.41, 5.74) is 1.49. The number of carbonyl (C=O) groups excluding carboxylic acids is 1. The van der Waals surface area contributed by atoms with Crippen LogP contribution in [0.25, 0.3) is 5.69 Å². The van der Waals surface area contributed by atoms with Gasteiger partial charge in [-0.1, -0.05) is 18.2 Å². The van der Waals surface area contributed by atoms with E-state index >= 15 is 0 Å². The van der Waals surface area contributed by atoms with Crippen LogP contribution < -0.4 is 10.9 Å². The second-order valence-electron chi connectivity index (χ2n) is 4.42. The minimum atomic E-state index is -0.258. The van der Waals surface area contributed by atoms with Gasteiger partial charge in [0, 0.05) is 19.3 Å². The van der Waals surface area contributed by atoms with Gasteiger partial charge >= 0.3 is 0 Å². The molecule has 0 aliphatic rings. The number of amides is 1. The maximum absolute atomic E-state index is 12.4. The first kappa shape index (κ1) is 14.4. The molecule has 106 valence electrons. The summed E-state index contributed by atoms with van der Waals surface area (Å²) in [5.74, 6) is -0.0315. The first-order valence-corrected chi connectivity index (χ1v) is 6.79. The molecular weight excluding hydrogens is 278 g/mol. The van der Waals surface area contributed by atoms with Gasteiger partial charge in [-0.25, -0.2) is 4.68 Å². The topological polar surface area (TPSA) is 56.0 Å².